The van der Waals surface area contributed by atoms with Crippen LogP contribution in [-0.2, 0) is 11.2 Å². The number of hydrogen-bond donors (Lipinski definition) is 3. The summed E-state index contributed by atoms with van der Waals surface area (Å²) in [6.07, 6.45) is 4.43. The van der Waals surface area contributed by atoms with Crippen LogP contribution in [0.4, 0.5) is 10.8 Å². The molecule has 0 spiro atoms. The third-order valence-electron chi connectivity index (χ3n) is 5.87. The molecule has 10 heteroatoms. The van der Waals surface area contributed by atoms with Crippen LogP contribution in [-0.4, -0.2) is 32.8 Å². The summed E-state index contributed by atoms with van der Waals surface area (Å²) >= 11 is 7.66. The zero-order chi connectivity index (χ0) is 27.2. The van der Waals surface area contributed by atoms with Gasteiger partial charge in [0.05, 0.1) is 16.8 Å². The minimum absolute atomic E-state index is 0.111. The highest BCUT2D eigenvalue weighted by Gasteiger charge is 2.20. The summed E-state index contributed by atoms with van der Waals surface area (Å²) in [5, 5.41) is 7.41. The molecule has 5 aromatic rings. The van der Waals surface area contributed by atoms with Gasteiger partial charge >= 0.3 is 0 Å². The van der Waals surface area contributed by atoms with Crippen molar-refractivity contribution in [2.24, 2.45) is 5.73 Å². The van der Waals surface area contributed by atoms with Gasteiger partial charge in [-0.05, 0) is 35.4 Å². The monoisotopic (exact) mass is 554 g/mol. The Kier molecular flexibility index (Phi) is 7.91. The van der Waals surface area contributed by atoms with Crippen molar-refractivity contribution in [2.75, 3.05) is 5.32 Å². The number of primary amides is 1. The van der Waals surface area contributed by atoms with Crippen LogP contribution in [0.5, 0.6) is 0 Å². The molecule has 0 aliphatic heterocycles. The van der Waals surface area contributed by atoms with E-state index in [1.54, 1.807) is 11.3 Å². The van der Waals surface area contributed by atoms with Crippen molar-refractivity contribution in [1.29, 1.82) is 0 Å². The van der Waals surface area contributed by atoms with Gasteiger partial charge in [-0.3, -0.25) is 14.6 Å². The van der Waals surface area contributed by atoms with Crippen LogP contribution in [0.2, 0.25) is 5.02 Å². The number of nitrogens with zero attached hydrogens (tertiary/aromatic N) is 3. The minimum atomic E-state index is -0.896. The largest absolute Gasteiger partial charge is 0.368 e. The summed E-state index contributed by atoms with van der Waals surface area (Å²) in [6, 6.07) is 24.4. The van der Waals surface area contributed by atoms with Crippen LogP contribution in [0.1, 0.15) is 16.1 Å². The number of anilines is 2. The van der Waals surface area contributed by atoms with Gasteiger partial charge in [-0.15, -0.1) is 0 Å². The third kappa shape index (κ3) is 6.46. The summed E-state index contributed by atoms with van der Waals surface area (Å²) in [5.41, 5.74) is 10.2. The van der Waals surface area contributed by atoms with Crippen molar-refractivity contribution in [1.82, 2.24) is 20.3 Å². The Morgan fingerprint density at radius 1 is 0.923 bits per heavy atom. The van der Waals surface area contributed by atoms with E-state index in [1.165, 1.54) is 18.6 Å². The second-order valence-electron chi connectivity index (χ2n) is 8.61. The first-order valence-corrected chi connectivity index (χ1v) is 13.2. The predicted octanol–water partition coefficient (Wildman–Crippen LogP) is 5.49. The Morgan fingerprint density at radius 2 is 1.67 bits per heavy atom. The molecule has 3 aromatic carbocycles. The number of amides is 2. The van der Waals surface area contributed by atoms with E-state index in [9.17, 15) is 9.59 Å². The van der Waals surface area contributed by atoms with Gasteiger partial charge in [-0.1, -0.05) is 77.5 Å². The standard InChI is InChI=1S/C29H23ClN6O2S/c30-21-10-8-19(9-11-21)25-26(20-4-2-1-3-5-20)39-29(36-25)34-22-12-6-18(7-13-22)16-23(27(31)37)35-28(38)24-17-32-14-15-33-24/h1-15,17,23H,16H2,(H2,31,37)(H,34,36)(H,35,38)/t23-/m1/s1. The number of benzene rings is 3. The van der Waals surface area contributed by atoms with Crippen molar-refractivity contribution >= 4 is 45.6 Å². The number of carbonyl (C=O) groups is 2. The second kappa shape index (κ2) is 11.8. The first-order valence-electron chi connectivity index (χ1n) is 12.0. The zero-order valence-corrected chi connectivity index (χ0v) is 22.1. The Bertz CT molecular complexity index is 1580. The summed E-state index contributed by atoms with van der Waals surface area (Å²) in [7, 11) is 0. The van der Waals surface area contributed by atoms with Gasteiger partial charge in [-0.2, -0.15) is 0 Å². The number of rotatable bonds is 9. The lowest BCUT2D eigenvalue weighted by atomic mass is 10.0. The first-order chi connectivity index (χ1) is 19.0. The van der Waals surface area contributed by atoms with Crippen molar-refractivity contribution < 1.29 is 9.59 Å². The van der Waals surface area contributed by atoms with Crippen molar-refractivity contribution in [2.45, 2.75) is 12.5 Å². The van der Waals surface area contributed by atoms with E-state index in [0.29, 0.717) is 5.02 Å². The molecule has 0 unspecified atom stereocenters. The summed E-state index contributed by atoms with van der Waals surface area (Å²) in [4.78, 5) is 38.2. The molecule has 4 N–H and O–H groups in total. The average molecular weight is 555 g/mol. The van der Waals surface area contributed by atoms with Crippen molar-refractivity contribution in [3.63, 3.8) is 0 Å². The van der Waals surface area contributed by atoms with E-state index in [2.05, 4.69) is 32.7 Å². The maximum absolute atomic E-state index is 12.4. The van der Waals surface area contributed by atoms with E-state index >= 15 is 0 Å². The first kappa shape index (κ1) is 26.0. The highest BCUT2D eigenvalue weighted by molar-refractivity contribution is 7.19. The molecule has 2 heterocycles. The van der Waals surface area contributed by atoms with E-state index in [0.717, 1.165) is 38.1 Å². The van der Waals surface area contributed by atoms with E-state index < -0.39 is 17.9 Å². The lowest BCUT2D eigenvalue weighted by Crippen LogP contribution is -2.46. The van der Waals surface area contributed by atoms with Gasteiger partial charge in [0, 0.05) is 35.1 Å². The molecule has 0 saturated carbocycles. The summed E-state index contributed by atoms with van der Waals surface area (Å²) in [6.45, 7) is 0. The van der Waals surface area contributed by atoms with Gasteiger partial charge in [0.15, 0.2) is 5.13 Å². The van der Waals surface area contributed by atoms with Crippen LogP contribution < -0.4 is 16.4 Å². The maximum atomic E-state index is 12.4. The molecule has 0 fully saturated rings. The van der Waals surface area contributed by atoms with Crippen molar-refractivity contribution in [3.8, 4) is 21.7 Å². The Hall–Kier alpha value is -4.60. The fraction of sp³-hybridized carbons (Fsp3) is 0.0690. The quantitative estimate of drug-likeness (QED) is 0.221. The molecule has 194 valence electrons. The smallest absolute Gasteiger partial charge is 0.272 e. The normalized spacial score (nSPS) is 11.5. The molecule has 0 bridgehead atoms. The molecule has 0 aliphatic carbocycles. The SMILES string of the molecule is NC(=O)[C@@H](Cc1ccc(Nc2nc(-c3ccc(Cl)cc3)c(-c3ccccc3)s2)cc1)NC(=O)c1cnccn1. The molecule has 0 radical (unpaired) electrons. The Balaban J connectivity index is 1.32. The fourth-order valence-corrected chi connectivity index (χ4v) is 5.06. The summed E-state index contributed by atoms with van der Waals surface area (Å²) in [5.74, 6) is -1.15. The third-order valence-corrected chi connectivity index (χ3v) is 7.14. The van der Waals surface area contributed by atoms with Crippen LogP contribution in [0.25, 0.3) is 21.7 Å². The predicted molar refractivity (Wildman–Crippen MR) is 154 cm³/mol. The maximum Gasteiger partial charge on any atom is 0.272 e. The molecular formula is C29H23ClN6O2S. The van der Waals surface area contributed by atoms with E-state index in [-0.39, 0.29) is 12.1 Å². The molecule has 0 saturated heterocycles. The van der Waals surface area contributed by atoms with Crippen molar-refractivity contribution in [3.05, 3.63) is 114 Å². The van der Waals surface area contributed by atoms with E-state index in [4.69, 9.17) is 22.3 Å². The van der Waals surface area contributed by atoms with Gasteiger partial charge < -0.3 is 16.4 Å². The number of nitrogens with one attached hydrogen (secondary N) is 2. The number of carbonyl (C=O) groups excluding carboxylic acids is 2. The number of thiazole rings is 1. The molecule has 5 rings (SSSR count). The number of halogens is 1. The van der Waals surface area contributed by atoms with Crippen LogP contribution in [0.15, 0.2) is 97.5 Å². The van der Waals surface area contributed by atoms with Crippen LogP contribution in [0.3, 0.4) is 0 Å². The molecule has 39 heavy (non-hydrogen) atoms. The topological polar surface area (TPSA) is 123 Å². The van der Waals surface area contributed by atoms with Gasteiger partial charge in [0.1, 0.15) is 11.7 Å². The molecule has 2 amide bonds. The molecule has 2 aromatic heterocycles. The van der Waals surface area contributed by atoms with Gasteiger partial charge in [0.2, 0.25) is 5.91 Å². The lowest BCUT2D eigenvalue weighted by Gasteiger charge is -2.15. The second-order valence-corrected chi connectivity index (χ2v) is 10.1. The molecule has 0 aliphatic rings. The number of nitrogens with two attached hydrogens (primary N) is 1. The van der Waals surface area contributed by atoms with Crippen LogP contribution in [0, 0.1) is 0 Å². The fourth-order valence-electron chi connectivity index (χ4n) is 3.92. The van der Waals surface area contributed by atoms with Gasteiger partial charge in [-0.25, -0.2) is 9.97 Å². The minimum Gasteiger partial charge on any atom is -0.368 e. The Morgan fingerprint density at radius 3 is 2.33 bits per heavy atom. The molecule has 8 nitrogen and oxygen atoms in total. The van der Waals surface area contributed by atoms with E-state index in [1.807, 2.05) is 66.7 Å². The zero-order valence-electron chi connectivity index (χ0n) is 20.5. The molecular weight excluding hydrogens is 532 g/mol. The van der Waals surface area contributed by atoms with Crippen LogP contribution >= 0.6 is 22.9 Å². The number of hydrogen-bond acceptors (Lipinski definition) is 7. The Labute approximate surface area is 233 Å². The number of aromatic nitrogens is 3. The highest BCUT2D eigenvalue weighted by Crippen LogP contribution is 2.40. The highest BCUT2D eigenvalue weighted by atomic mass is 35.5. The average Bonchev–Trinajstić information content (AvgIpc) is 3.38. The lowest BCUT2D eigenvalue weighted by molar-refractivity contribution is -0.119. The summed E-state index contributed by atoms with van der Waals surface area (Å²) < 4.78 is 0. The molecule has 1 atom stereocenters. The van der Waals surface area contributed by atoms with Gasteiger partial charge in [0.25, 0.3) is 5.91 Å².